The Morgan fingerprint density at radius 2 is 2.31 bits per heavy atom. The molecule has 5 heteroatoms. The average molecular weight is 220 g/mol. The van der Waals surface area contributed by atoms with Crippen LogP contribution in [0.2, 0.25) is 0 Å². The van der Waals surface area contributed by atoms with Gasteiger partial charge in [-0.3, -0.25) is 4.99 Å². The molecule has 0 aromatic heterocycles. The summed E-state index contributed by atoms with van der Waals surface area (Å²) in [6.07, 6.45) is 0. The normalized spacial score (nSPS) is 11.3. The number of nitrogens with zero attached hydrogens (tertiary/aromatic N) is 2. The fourth-order valence-corrected chi connectivity index (χ4v) is 1.51. The van der Waals surface area contributed by atoms with E-state index < -0.39 is 0 Å². The quantitative estimate of drug-likeness (QED) is 0.513. The van der Waals surface area contributed by atoms with Gasteiger partial charge in [-0.1, -0.05) is 12.1 Å². The Labute approximate surface area is 94.7 Å². The first-order valence-corrected chi connectivity index (χ1v) is 4.90. The number of benzene rings is 1. The first-order chi connectivity index (χ1) is 7.78. The van der Waals surface area contributed by atoms with Crippen LogP contribution < -0.4 is 11.1 Å². The molecular formula is C11H16N4O. The number of rotatable bonds is 4. The summed E-state index contributed by atoms with van der Waals surface area (Å²) >= 11 is 0. The highest BCUT2D eigenvalue weighted by Gasteiger charge is 2.10. The number of aliphatic imine (C=N–C) groups is 2. The summed E-state index contributed by atoms with van der Waals surface area (Å²) in [4.78, 5) is 7.84. The maximum atomic E-state index is 9.35. The van der Waals surface area contributed by atoms with Crippen LogP contribution in [0.1, 0.15) is 11.1 Å². The molecule has 0 aliphatic carbocycles. The summed E-state index contributed by atoms with van der Waals surface area (Å²) in [5, 5.41) is 12.4. The lowest BCUT2D eigenvalue weighted by molar-refractivity contribution is 0.282. The maximum Gasteiger partial charge on any atom is 0.155 e. The molecule has 0 radical (unpaired) electrons. The van der Waals surface area contributed by atoms with Crippen molar-refractivity contribution in [2.24, 2.45) is 15.7 Å². The molecule has 0 bridgehead atoms. The van der Waals surface area contributed by atoms with Gasteiger partial charge in [0.15, 0.2) is 5.84 Å². The third-order valence-corrected chi connectivity index (χ3v) is 2.24. The molecule has 0 saturated carbocycles. The third kappa shape index (κ3) is 2.44. The Bertz CT molecular complexity index is 401. The number of anilines is 1. The number of nitrogens with two attached hydrogens (primary N) is 1. The van der Waals surface area contributed by atoms with Crippen molar-refractivity contribution in [1.29, 1.82) is 0 Å². The summed E-state index contributed by atoms with van der Waals surface area (Å²) in [6.45, 7) is 3.50. The first kappa shape index (κ1) is 12.4. The smallest absolute Gasteiger partial charge is 0.155 e. The van der Waals surface area contributed by atoms with Crippen molar-refractivity contribution in [2.75, 3.05) is 19.0 Å². The molecule has 0 amide bonds. The molecule has 16 heavy (non-hydrogen) atoms. The van der Waals surface area contributed by atoms with Gasteiger partial charge in [-0.05, 0) is 12.8 Å². The van der Waals surface area contributed by atoms with Crippen LogP contribution in [0.4, 0.5) is 5.69 Å². The minimum absolute atomic E-state index is 0.0918. The lowest BCUT2D eigenvalue weighted by Gasteiger charge is -2.11. The van der Waals surface area contributed by atoms with Gasteiger partial charge in [0.25, 0.3) is 0 Å². The fourth-order valence-electron chi connectivity index (χ4n) is 1.51. The van der Waals surface area contributed by atoms with Crippen LogP contribution in [0.25, 0.3) is 0 Å². The monoisotopic (exact) mass is 220 g/mol. The molecule has 0 saturated heterocycles. The second kappa shape index (κ2) is 5.99. The van der Waals surface area contributed by atoms with Gasteiger partial charge in [0, 0.05) is 23.9 Å². The SMILES string of the molecule is C=N/C(=N\CN)c1cccc(NC)c1CO. The van der Waals surface area contributed by atoms with E-state index >= 15 is 0 Å². The maximum absolute atomic E-state index is 9.35. The van der Waals surface area contributed by atoms with Crippen LogP contribution >= 0.6 is 0 Å². The minimum atomic E-state index is -0.0918. The van der Waals surface area contributed by atoms with Crippen molar-refractivity contribution in [2.45, 2.75) is 6.61 Å². The second-order valence-corrected chi connectivity index (χ2v) is 3.06. The molecule has 1 aromatic carbocycles. The van der Waals surface area contributed by atoms with E-state index in [1.54, 1.807) is 7.05 Å². The predicted molar refractivity (Wildman–Crippen MR) is 67.1 cm³/mol. The highest BCUT2D eigenvalue weighted by molar-refractivity contribution is 6.03. The molecule has 0 heterocycles. The van der Waals surface area contributed by atoms with E-state index in [0.29, 0.717) is 5.84 Å². The number of aliphatic hydroxyl groups excluding tert-OH is 1. The molecule has 0 spiro atoms. The zero-order valence-electron chi connectivity index (χ0n) is 9.27. The van der Waals surface area contributed by atoms with Crippen LogP contribution in [0.3, 0.4) is 0 Å². The van der Waals surface area contributed by atoms with Crippen molar-refractivity contribution in [1.82, 2.24) is 0 Å². The van der Waals surface area contributed by atoms with Gasteiger partial charge in [-0.15, -0.1) is 0 Å². The van der Waals surface area contributed by atoms with E-state index in [2.05, 4.69) is 22.0 Å². The minimum Gasteiger partial charge on any atom is -0.392 e. The number of hydrogen-bond acceptors (Lipinski definition) is 4. The van der Waals surface area contributed by atoms with Crippen LogP contribution in [0, 0.1) is 0 Å². The summed E-state index contributed by atoms with van der Waals surface area (Å²) in [6, 6.07) is 5.56. The molecule has 5 nitrogen and oxygen atoms in total. The van der Waals surface area contributed by atoms with Crippen molar-refractivity contribution in [3.05, 3.63) is 29.3 Å². The summed E-state index contributed by atoms with van der Waals surface area (Å²) in [5.74, 6) is 0.448. The van der Waals surface area contributed by atoms with E-state index in [0.717, 1.165) is 16.8 Å². The van der Waals surface area contributed by atoms with Crippen molar-refractivity contribution >= 4 is 18.2 Å². The summed E-state index contributed by atoms with van der Waals surface area (Å²) in [7, 11) is 1.79. The number of nitrogens with one attached hydrogen (secondary N) is 1. The molecule has 86 valence electrons. The Kier molecular flexibility index (Phi) is 4.63. The van der Waals surface area contributed by atoms with Crippen LogP contribution in [-0.4, -0.2) is 31.4 Å². The Morgan fingerprint density at radius 3 is 2.81 bits per heavy atom. The van der Waals surface area contributed by atoms with Gasteiger partial charge >= 0.3 is 0 Å². The Morgan fingerprint density at radius 1 is 1.56 bits per heavy atom. The number of hydrogen-bond donors (Lipinski definition) is 3. The third-order valence-electron chi connectivity index (χ3n) is 2.24. The van der Waals surface area contributed by atoms with Crippen LogP contribution in [-0.2, 0) is 6.61 Å². The van der Waals surface area contributed by atoms with Crippen molar-refractivity contribution < 1.29 is 5.11 Å². The van der Waals surface area contributed by atoms with Gasteiger partial charge in [-0.25, -0.2) is 4.99 Å². The zero-order chi connectivity index (χ0) is 12.0. The largest absolute Gasteiger partial charge is 0.392 e. The predicted octanol–water partition coefficient (Wildman–Crippen LogP) is 0.584. The standard InChI is InChI=1S/C11H16N4O/c1-13-10-5-3-4-8(9(10)6-16)11(14-2)15-7-12/h3-5,13,16H,2,6-7,12H2,1H3/b15-11-. The molecule has 1 aromatic rings. The lowest BCUT2D eigenvalue weighted by atomic mass is 10.0. The molecule has 0 unspecified atom stereocenters. The molecule has 0 aliphatic heterocycles. The average Bonchev–Trinajstić information content (AvgIpc) is 2.34. The van der Waals surface area contributed by atoms with Crippen molar-refractivity contribution in [3.63, 3.8) is 0 Å². The summed E-state index contributed by atoms with van der Waals surface area (Å²) < 4.78 is 0. The summed E-state index contributed by atoms with van der Waals surface area (Å²) in [5.41, 5.74) is 7.68. The van der Waals surface area contributed by atoms with Gasteiger partial charge in [0.1, 0.15) is 0 Å². The molecule has 1 rings (SSSR count). The lowest BCUT2D eigenvalue weighted by Crippen LogP contribution is -2.08. The van der Waals surface area contributed by atoms with Crippen LogP contribution in [0.15, 0.2) is 28.2 Å². The molecular weight excluding hydrogens is 204 g/mol. The van der Waals surface area contributed by atoms with Gasteiger partial charge in [-0.2, -0.15) is 0 Å². The van der Waals surface area contributed by atoms with E-state index in [1.165, 1.54) is 0 Å². The topological polar surface area (TPSA) is 83.0 Å². The van der Waals surface area contributed by atoms with Crippen molar-refractivity contribution in [3.8, 4) is 0 Å². The number of amidine groups is 1. The molecule has 0 fully saturated rings. The first-order valence-electron chi connectivity index (χ1n) is 4.90. The van der Waals surface area contributed by atoms with Gasteiger partial charge in [0.2, 0.25) is 0 Å². The van der Waals surface area contributed by atoms with E-state index in [-0.39, 0.29) is 13.3 Å². The van der Waals surface area contributed by atoms with E-state index in [4.69, 9.17) is 5.73 Å². The highest BCUT2D eigenvalue weighted by atomic mass is 16.3. The highest BCUT2D eigenvalue weighted by Crippen LogP contribution is 2.20. The van der Waals surface area contributed by atoms with E-state index in [9.17, 15) is 5.11 Å². The zero-order valence-corrected chi connectivity index (χ0v) is 9.27. The number of aliphatic hydroxyl groups is 1. The Hall–Kier alpha value is -1.72. The Balaban J connectivity index is 3.31. The second-order valence-electron chi connectivity index (χ2n) is 3.06. The van der Waals surface area contributed by atoms with Gasteiger partial charge in [0.05, 0.1) is 13.3 Å². The van der Waals surface area contributed by atoms with Crippen LogP contribution in [0.5, 0.6) is 0 Å². The molecule has 0 atom stereocenters. The van der Waals surface area contributed by atoms with Gasteiger partial charge < -0.3 is 16.2 Å². The van der Waals surface area contributed by atoms with E-state index in [1.807, 2.05) is 18.2 Å². The molecule has 4 N–H and O–H groups in total. The fraction of sp³-hybridized carbons (Fsp3) is 0.273. The molecule has 0 aliphatic rings.